The second-order valence-electron chi connectivity index (χ2n) is 17.6. The van der Waals surface area contributed by atoms with Crippen LogP contribution in [0.15, 0.2) is 51.2 Å². The molecular weight excluding hydrogens is 924 g/mol. The van der Waals surface area contributed by atoms with Gasteiger partial charge in [-0.25, -0.2) is 0 Å². The fourth-order valence-electron chi connectivity index (χ4n) is 8.40. The number of methoxy groups -OCH3 is 1. The van der Waals surface area contributed by atoms with Crippen molar-refractivity contribution in [1.82, 2.24) is 0 Å². The van der Waals surface area contributed by atoms with Gasteiger partial charge in [0.25, 0.3) is 0 Å². The van der Waals surface area contributed by atoms with E-state index in [2.05, 4.69) is 0 Å². The van der Waals surface area contributed by atoms with Crippen LogP contribution in [0.4, 0.5) is 0 Å². The summed E-state index contributed by atoms with van der Waals surface area (Å²) in [6, 6.07) is 7.07. The number of phenols is 1. The first-order valence-corrected chi connectivity index (χ1v) is 22.1. The Morgan fingerprint density at radius 1 is 0.638 bits per heavy atom. The fourth-order valence-corrected chi connectivity index (χ4v) is 8.40. The number of benzene rings is 2. The Hall–Kier alpha value is -4.13. The first-order valence-electron chi connectivity index (χ1n) is 22.1. The van der Waals surface area contributed by atoms with Gasteiger partial charge in [0.2, 0.25) is 23.8 Å². The zero-order valence-electron chi connectivity index (χ0n) is 37.9. The molecule has 5 heterocycles. The van der Waals surface area contributed by atoms with Gasteiger partial charge in [0, 0.05) is 17.2 Å². The third kappa shape index (κ3) is 10.5. The average Bonchev–Trinajstić information content (AvgIpc) is 3.32. The molecule has 20 atom stereocenters. The minimum atomic E-state index is -1.97. The van der Waals surface area contributed by atoms with E-state index in [9.17, 15) is 66.4 Å². The van der Waals surface area contributed by atoms with Gasteiger partial charge in [0.05, 0.1) is 32.5 Å². The van der Waals surface area contributed by atoms with Crippen molar-refractivity contribution in [1.29, 1.82) is 0 Å². The summed E-state index contributed by atoms with van der Waals surface area (Å²) < 4.78 is 59.0. The molecule has 0 radical (unpaired) electrons. The molecule has 4 aliphatic heterocycles. The summed E-state index contributed by atoms with van der Waals surface area (Å²) in [5.41, 5.74) is -0.338. The van der Waals surface area contributed by atoms with Crippen molar-refractivity contribution in [2.75, 3.05) is 20.3 Å². The summed E-state index contributed by atoms with van der Waals surface area (Å²) in [4.78, 5) is 15.0. The topological polar surface area (TPSA) is 376 Å². The van der Waals surface area contributed by atoms with E-state index in [-0.39, 0.29) is 34.6 Å². The van der Waals surface area contributed by atoms with Gasteiger partial charge >= 0.3 is 0 Å². The van der Waals surface area contributed by atoms with Gasteiger partial charge in [-0.05, 0) is 58.4 Å². The van der Waals surface area contributed by atoms with Crippen LogP contribution in [0.3, 0.4) is 0 Å². The molecule has 1 aromatic heterocycles. The van der Waals surface area contributed by atoms with Crippen molar-refractivity contribution in [3.63, 3.8) is 0 Å². The lowest BCUT2D eigenvalue weighted by Gasteiger charge is -2.45. The Bertz CT molecular complexity index is 2300. The van der Waals surface area contributed by atoms with Crippen LogP contribution < -0.4 is 19.6 Å². The zero-order chi connectivity index (χ0) is 50.3. The monoisotopic (exact) mass is 984 g/mol. The largest absolute Gasteiger partial charge is 0.507 e. The first-order chi connectivity index (χ1) is 32.7. The number of hydrogen-bond donors (Lipinski definition) is 13. The highest BCUT2D eigenvalue weighted by Gasteiger charge is 2.53. The summed E-state index contributed by atoms with van der Waals surface area (Å²) >= 11 is 0. The molecule has 0 amide bonds. The van der Waals surface area contributed by atoms with Crippen LogP contribution in [0.2, 0.25) is 0 Å². The van der Waals surface area contributed by atoms with Crippen LogP contribution in [-0.4, -0.2) is 210 Å². The lowest BCUT2D eigenvalue weighted by atomic mass is 9.97. The molecule has 2 aromatic carbocycles. The average molecular weight is 985 g/mol. The maximum absolute atomic E-state index is 15.0. The van der Waals surface area contributed by atoms with Gasteiger partial charge < -0.3 is 113 Å². The molecule has 7 rings (SSSR count). The molecule has 0 saturated carbocycles. The number of rotatable bonds is 14. The van der Waals surface area contributed by atoms with Gasteiger partial charge in [0.1, 0.15) is 101 Å². The highest BCUT2D eigenvalue weighted by Crippen LogP contribution is 2.43. The molecule has 0 bridgehead atoms. The molecule has 4 saturated heterocycles. The number of ether oxygens (including phenoxy) is 9. The molecule has 24 nitrogen and oxygen atoms in total. The van der Waals surface area contributed by atoms with Crippen molar-refractivity contribution in [3.05, 3.63) is 57.8 Å². The second-order valence-corrected chi connectivity index (χ2v) is 17.6. The zero-order valence-corrected chi connectivity index (χ0v) is 37.9. The normalized spacial score (nSPS) is 38.4. The van der Waals surface area contributed by atoms with Crippen LogP contribution in [0.5, 0.6) is 23.0 Å². The van der Waals surface area contributed by atoms with Gasteiger partial charge in [-0.15, -0.1) is 0 Å². The van der Waals surface area contributed by atoms with Gasteiger partial charge in [0.15, 0.2) is 30.5 Å². The number of fused-ring (bicyclic) bond motifs is 1. The number of hydrogen-bond acceptors (Lipinski definition) is 24. The fraction of sp³-hybridized carbons (Fsp3) is 0.622. The maximum Gasteiger partial charge on any atom is 0.239 e. The lowest BCUT2D eigenvalue weighted by molar-refractivity contribution is -0.357. The van der Waals surface area contributed by atoms with Crippen LogP contribution in [0.25, 0.3) is 22.3 Å². The predicted octanol–water partition coefficient (Wildman–Crippen LogP) is -3.26. The van der Waals surface area contributed by atoms with E-state index in [1.54, 1.807) is 19.9 Å². The summed E-state index contributed by atoms with van der Waals surface area (Å²) in [6.07, 6.45) is -32.5. The molecule has 0 spiro atoms. The molecule has 0 aliphatic carbocycles. The van der Waals surface area contributed by atoms with Crippen LogP contribution in [-0.2, 0) is 34.8 Å². The van der Waals surface area contributed by atoms with E-state index in [1.165, 1.54) is 45.2 Å². The number of allylic oxidation sites excluding steroid dienone is 2. The van der Waals surface area contributed by atoms with Crippen molar-refractivity contribution in [2.24, 2.45) is 0 Å². The Balaban J connectivity index is 1.35. The molecule has 384 valence electrons. The van der Waals surface area contributed by atoms with Gasteiger partial charge in [-0.1, -0.05) is 11.6 Å². The Morgan fingerprint density at radius 2 is 1.13 bits per heavy atom. The third-order valence-electron chi connectivity index (χ3n) is 12.6. The van der Waals surface area contributed by atoms with E-state index in [1.807, 2.05) is 0 Å². The number of aliphatic hydroxyl groups is 12. The van der Waals surface area contributed by atoms with E-state index in [0.29, 0.717) is 5.75 Å². The smallest absolute Gasteiger partial charge is 0.239 e. The van der Waals surface area contributed by atoms with Crippen LogP contribution in [0, 0.1) is 0 Å². The second kappa shape index (κ2) is 21.7. The molecule has 3 aromatic rings. The highest BCUT2D eigenvalue weighted by molar-refractivity contribution is 5.91. The quantitative estimate of drug-likeness (QED) is 0.0705. The highest BCUT2D eigenvalue weighted by atomic mass is 16.8. The Kier molecular flexibility index (Phi) is 16.6. The summed E-state index contributed by atoms with van der Waals surface area (Å²) in [5.74, 6) is -1.60. The maximum atomic E-state index is 15.0. The predicted molar refractivity (Wildman–Crippen MR) is 231 cm³/mol. The van der Waals surface area contributed by atoms with Crippen LogP contribution >= 0.6 is 0 Å². The Morgan fingerprint density at radius 3 is 1.70 bits per heavy atom. The van der Waals surface area contributed by atoms with E-state index < -0.39 is 158 Å². The Labute approximate surface area is 393 Å². The summed E-state index contributed by atoms with van der Waals surface area (Å²) in [5, 5.41) is 139. The minimum Gasteiger partial charge on any atom is -0.507 e. The number of aromatic hydroxyl groups is 1. The third-order valence-corrected chi connectivity index (χ3v) is 12.6. The molecule has 13 N–H and O–H groups in total. The van der Waals surface area contributed by atoms with Crippen molar-refractivity contribution in [2.45, 2.75) is 157 Å². The van der Waals surface area contributed by atoms with Gasteiger partial charge in [-0.3, -0.25) is 4.79 Å². The number of aliphatic hydroxyl groups excluding tert-OH is 12. The first kappa shape index (κ1) is 52.7. The molecule has 24 heteroatoms. The van der Waals surface area contributed by atoms with Crippen molar-refractivity contribution in [3.8, 4) is 34.3 Å². The van der Waals surface area contributed by atoms with Gasteiger partial charge in [-0.2, -0.15) is 0 Å². The van der Waals surface area contributed by atoms with Crippen molar-refractivity contribution >= 4 is 11.0 Å². The molecule has 4 aliphatic rings. The van der Waals surface area contributed by atoms with E-state index in [0.717, 1.165) is 11.6 Å². The molecule has 69 heavy (non-hydrogen) atoms. The van der Waals surface area contributed by atoms with Crippen molar-refractivity contribution < 1.29 is 113 Å². The molecular formula is C45H60O24. The van der Waals surface area contributed by atoms with E-state index in [4.69, 9.17) is 47.0 Å². The summed E-state index contributed by atoms with van der Waals surface area (Å²) in [7, 11) is 1.42. The minimum absolute atomic E-state index is 0.0550. The van der Waals surface area contributed by atoms with Crippen LogP contribution in [0.1, 0.15) is 33.3 Å². The lowest BCUT2D eigenvalue weighted by Crippen LogP contribution is -2.65. The molecule has 4 fully saturated rings. The molecule has 0 unspecified atom stereocenters. The SMILES string of the molecule is COc1ccc(-c2oc3c(CC=C(C)C)c(O[C@@H]4O[C@@H](CO)[C@@H](O)[C@H](O)[C@H]4O[C@@H]4O[C@@H](CO)[C@@H](O)[C@H](O)[C@H]4O)cc(O)c3c(=O)c2O[C@@H]2O[C@@H](C)[C@H](O)[C@@H](O)[C@@H]2O[C@@H]2O[C@@H](C)[C@H](O)[C@@H](O)[C@@H]2O)cc1. The number of phenolic OH excluding ortho intramolecular Hbond substituents is 1. The van der Waals surface area contributed by atoms with E-state index >= 15 is 4.79 Å². The standard InChI is InChI=1S/C45H60O24/c1-15(2)6-11-20-22(63-45-41(34(57)29(52)24(14-47)65-45)69-43-36(59)32(55)28(51)23(13-46)64-43)12-21(48)25-30(53)39(37(66-38(20)25)18-7-9-19(60-5)10-8-18)67-44-40(33(56)27(50)17(4)62-44)68-42-35(58)31(54)26(49)16(3)61-42/h6-10,12,16-17,23-24,26-29,31-36,40-52,54-59H,11,13-14H2,1-5H3/t16-,17-,23-,24-,26-,27-,28+,29+,31+,32-,33+,34-,35-,36+,40-,41+,42-,43-,44-,45+/m0/s1. The summed E-state index contributed by atoms with van der Waals surface area (Å²) in [6.45, 7) is 4.63.